The smallest absolute Gasteiger partial charge is 0.258 e. The third-order valence-electron chi connectivity index (χ3n) is 4.27. The van der Waals surface area contributed by atoms with E-state index in [0.717, 1.165) is 30.2 Å². The van der Waals surface area contributed by atoms with Gasteiger partial charge in [0.15, 0.2) is 6.61 Å². The summed E-state index contributed by atoms with van der Waals surface area (Å²) >= 11 is 0. The Kier molecular flexibility index (Phi) is 7.02. The number of anilines is 2. The molecule has 0 radical (unpaired) electrons. The quantitative estimate of drug-likeness (QED) is 0.666. The zero-order valence-corrected chi connectivity index (χ0v) is 16.4. The highest BCUT2D eigenvalue weighted by molar-refractivity contribution is 5.77. The molecule has 0 spiro atoms. The average Bonchev–Trinajstić information content (AvgIpc) is 2.70. The van der Waals surface area contributed by atoms with Crippen LogP contribution in [-0.2, 0) is 9.53 Å². The van der Waals surface area contributed by atoms with Gasteiger partial charge in [-0.1, -0.05) is 12.1 Å². The van der Waals surface area contributed by atoms with Gasteiger partial charge in [-0.05, 0) is 31.5 Å². The first-order chi connectivity index (χ1) is 13.6. The monoisotopic (exact) mass is 385 g/mol. The SMILES string of the molecule is Cc1cccc(OCC(=O)NCCNc2nc(C)cc(N3CCOCC3)n2)c1. The van der Waals surface area contributed by atoms with Gasteiger partial charge in [-0.25, -0.2) is 4.98 Å². The van der Waals surface area contributed by atoms with Crippen LogP contribution in [0.15, 0.2) is 30.3 Å². The van der Waals surface area contributed by atoms with Crippen molar-refractivity contribution in [2.24, 2.45) is 0 Å². The number of rotatable bonds is 8. The summed E-state index contributed by atoms with van der Waals surface area (Å²) in [5.41, 5.74) is 1.99. The van der Waals surface area contributed by atoms with Gasteiger partial charge in [0, 0.05) is 37.9 Å². The van der Waals surface area contributed by atoms with E-state index >= 15 is 0 Å². The van der Waals surface area contributed by atoms with Crippen molar-refractivity contribution in [1.29, 1.82) is 0 Å². The molecule has 0 atom stereocenters. The lowest BCUT2D eigenvalue weighted by molar-refractivity contribution is -0.123. The number of aryl methyl sites for hydroxylation is 2. The maximum absolute atomic E-state index is 11.9. The molecule has 1 aromatic heterocycles. The number of benzene rings is 1. The number of nitrogens with zero attached hydrogens (tertiary/aromatic N) is 3. The maximum Gasteiger partial charge on any atom is 0.258 e. The largest absolute Gasteiger partial charge is 0.484 e. The van der Waals surface area contributed by atoms with Gasteiger partial charge in [-0.3, -0.25) is 4.79 Å². The molecule has 2 aromatic rings. The van der Waals surface area contributed by atoms with Gasteiger partial charge in [0.25, 0.3) is 5.91 Å². The molecule has 8 nitrogen and oxygen atoms in total. The molecular weight excluding hydrogens is 358 g/mol. The molecule has 0 unspecified atom stereocenters. The lowest BCUT2D eigenvalue weighted by atomic mass is 10.2. The second-order valence-corrected chi connectivity index (χ2v) is 6.67. The molecule has 1 fully saturated rings. The van der Waals surface area contributed by atoms with Crippen LogP contribution >= 0.6 is 0 Å². The Balaban J connectivity index is 1.41. The number of ether oxygens (including phenoxy) is 2. The predicted molar refractivity (Wildman–Crippen MR) is 108 cm³/mol. The summed E-state index contributed by atoms with van der Waals surface area (Å²) in [7, 11) is 0. The maximum atomic E-state index is 11.9. The third kappa shape index (κ3) is 6.09. The number of carbonyl (C=O) groups excluding carboxylic acids is 1. The van der Waals surface area contributed by atoms with Crippen molar-refractivity contribution in [3.05, 3.63) is 41.6 Å². The molecule has 2 heterocycles. The minimum absolute atomic E-state index is 0.00836. The van der Waals surface area contributed by atoms with E-state index in [1.807, 2.05) is 44.2 Å². The number of nitrogens with one attached hydrogen (secondary N) is 2. The van der Waals surface area contributed by atoms with Gasteiger partial charge in [0.05, 0.1) is 13.2 Å². The molecule has 1 aliphatic rings. The van der Waals surface area contributed by atoms with Crippen LogP contribution in [0.4, 0.5) is 11.8 Å². The van der Waals surface area contributed by atoms with Gasteiger partial charge in [0.1, 0.15) is 11.6 Å². The van der Waals surface area contributed by atoms with E-state index in [4.69, 9.17) is 9.47 Å². The lowest BCUT2D eigenvalue weighted by Crippen LogP contribution is -2.37. The van der Waals surface area contributed by atoms with Crippen molar-refractivity contribution in [3.8, 4) is 5.75 Å². The van der Waals surface area contributed by atoms with Crippen LogP contribution in [0, 0.1) is 13.8 Å². The fraction of sp³-hybridized carbons (Fsp3) is 0.450. The van der Waals surface area contributed by atoms with Crippen LogP contribution in [-0.4, -0.2) is 61.9 Å². The molecule has 3 rings (SSSR count). The highest BCUT2D eigenvalue weighted by Crippen LogP contribution is 2.16. The number of aromatic nitrogens is 2. The fourth-order valence-corrected chi connectivity index (χ4v) is 2.87. The number of morpholine rings is 1. The van der Waals surface area contributed by atoms with Gasteiger partial charge >= 0.3 is 0 Å². The minimum atomic E-state index is -0.164. The van der Waals surface area contributed by atoms with Gasteiger partial charge < -0.3 is 25.0 Å². The summed E-state index contributed by atoms with van der Waals surface area (Å²) in [6.45, 7) is 7.98. The van der Waals surface area contributed by atoms with E-state index in [1.54, 1.807) is 0 Å². The molecule has 0 bridgehead atoms. The Morgan fingerprint density at radius 1 is 1.18 bits per heavy atom. The normalized spacial score (nSPS) is 13.9. The van der Waals surface area contributed by atoms with Crippen LogP contribution in [0.3, 0.4) is 0 Å². The Morgan fingerprint density at radius 3 is 2.79 bits per heavy atom. The first-order valence-corrected chi connectivity index (χ1v) is 9.48. The molecule has 150 valence electrons. The summed E-state index contributed by atoms with van der Waals surface area (Å²) in [4.78, 5) is 23.1. The number of carbonyl (C=O) groups is 1. The standard InChI is InChI=1S/C20H27N5O3/c1-15-4-3-5-17(12-15)28-14-19(26)21-6-7-22-20-23-16(2)13-18(24-20)25-8-10-27-11-9-25/h3-5,12-13H,6-11,14H2,1-2H3,(H,21,26)(H,22,23,24). The van der Waals surface area contributed by atoms with Crippen LogP contribution in [0.25, 0.3) is 0 Å². The van der Waals surface area contributed by atoms with Crippen LogP contribution in [0.2, 0.25) is 0 Å². The Bertz CT molecular complexity index is 793. The summed E-state index contributed by atoms with van der Waals surface area (Å²) in [6, 6.07) is 9.59. The Hall–Kier alpha value is -2.87. The van der Waals surface area contributed by atoms with Crippen molar-refractivity contribution in [3.63, 3.8) is 0 Å². The van der Waals surface area contributed by atoms with E-state index in [-0.39, 0.29) is 12.5 Å². The molecule has 1 aliphatic heterocycles. The number of hydrogen-bond donors (Lipinski definition) is 2. The molecule has 0 saturated carbocycles. The summed E-state index contributed by atoms with van der Waals surface area (Å²) < 4.78 is 10.9. The molecule has 1 amide bonds. The Morgan fingerprint density at radius 2 is 2.00 bits per heavy atom. The summed E-state index contributed by atoms with van der Waals surface area (Å²) in [5.74, 6) is 1.99. The first kappa shape index (κ1) is 19.9. The lowest BCUT2D eigenvalue weighted by Gasteiger charge is -2.28. The van der Waals surface area contributed by atoms with Crippen molar-refractivity contribution in [2.75, 3.05) is 56.2 Å². The molecule has 0 aliphatic carbocycles. The van der Waals surface area contributed by atoms with E-state index in [2.05, 4.69) is 25.5 Å². The van der Waals surface area contributed by atoms with E-state index in [0.29, 0.717) is 38.0 Å². The molecule has 2 N–H and O–H groups in total. The van der Waals surface area contributed by atoms with Crippen molar-refractivity contribution in [2.45, 2.75) is 13.8 Å². The Labute approximate surface area is 165 Å². The van der Waals surface area contributed by atoms with E-state index in [9.17, 15) is 4.79 Å². The number of hydrogen-bond acceptors (Lipinski definition) is 7. The van der Waals surface area contributed by atoms with Crippen molar-refractivity contribution >= 4 is 17.7 Å². The molecule has 8 heteroatoms. The van der Waals surface area contributed by atoms with Crippen molar-refractivity contribution < 1.29 is 14.3 Å². The average molecular weight is 385 g/mol. The zero-order valence-electron chi connectivity index (χ0n) is 16.4. The second-order valence-electron chi connectivity index (χ2n) is 6.67. The highest BCUT2D eigenvalue weighted by atomic mass is 16.5. The number of amides is 1. The zero-order chi connectivity index (χ0) is 19.8. The van der Waals surface area contributed by atoms with Crippen molar-refractivity contribution in [1.82, 2.24) is 15.3 Å². The molecule has 1 aromatic carbocycles. The second kappa shape index (κ2) is 9.89. The van der Waals surface area contributed by atoms with Gasteiger partial charge in [-0.2, -0.15) is 4.98 Å². The molecule has 28 heavy (non-hydrogen) atoms. The first-order valence-electron chi connectivity index (χ1n) is 9.48. The molecule has 1 saturated heterocycles. The summed E-state index contributed by atoms with van der Waals surface area (Å²) in [5, 5.41) is 5.99. The van der Waals surface area contributed by atoms with Gasteiger partial charge in [-0.15, -0.1) is 0 Å². The predicted octanol–water partition coefficient (Wildman–Crippen LogP) is 1.54. The topological polar surface area (TPSA) is 88.6 Å². The minimum Gasteiger partial charge on any atom is -0.484 e. The molecular formula is C20H27N5O3. The summed E-state index contributed by atoms with van der Waals surface area (Å²) in [6.07, 6.45) is 0. The highest BCUT2D eigenvalue weighted by Gasteiger charge is 2.14. The van der Waals surface area contributed by atoms with E-state index in [1.165, 1.54) is 0 Å². The van der Waals surface area contributed by atoms with Gasteiger partial charge in [0.2, 0.25) is 5.95 Å². The van der Waals surface area contributed by atoms with E-state index < -0.39 is 0 Å². The van der Waals surface area contributed by atoms with Crippen LogP contribution in [0.5, 0.6) is 5.75 Å². The fourth-order valence-electron chi connectivity index (χ4n) is 2.87. The van der Waals surface area contributed by atoms with Crippen LogP contribution in [0.1, 0.15) is 11.3 Å². The van der Waals surface area contributed by atoms with Crippen LogP contribution < -0.4 is 20.3 Å². The third-order valence-corrected chi connectivity index (χ3v) is 4.27.